The second-order valence-corrected chi connectivity index (χ2v) is 6.14. The fourth-order valence-electron chi connectivity index (χ4n) is 3.57. The third kappa shape index (κ3) is 2.15. The van der Waals surface area contributed by atoms with Crippen LogP contribution >= 0.6 is 0 Å². The van der Waals surface area contributed by atoms with Gasteiger partial charge in [-0.1, -0.05) is 42.5 Å². The summed E-state index contributed by atoms with van der Waals surface area (Å²) in [6, 6.07) is 13.7. The fourth-order valence-corrected chi connectivity index (χ4v) is 3.57. The topological polar surface area (TPSA) is 49.4 Å². The molecule has 2 amide bonds. The highest BCUT2D eigenvalue weighted by molar-refractivity contribution is 5.97. The zero-order valence-electron chi connectivity index (χ0n) is 12.3. The van der Waals surface area contributed by atoms with Crippen LogP contribution in [0.15, 0.2) is 42.5 Å². The van der Waals surface area contributed by atoms with E-state index >= 15 is 0 Å². The maximum atomic E-state index is 12.5. The molecule has 2 aromatic carbocycles. The van der Waals surface area contributed by atoms with E-state index in [2.05, 4.69) is 29.6 Å². The van der Waals surface area contributed by atoms with E-state index in [1.807, 2.05) is 18.2 Å². The van der Waals surface area contributed by atoms with E-state index in [1.165, 1.54) is 5.39 Å². The number of fused-ring (bicyclic) bond motifs is 2. The number of nitrogens with one attached hydrogen (secondary N) is 1. The normalized spacial score (nSPS) is 24.5. The van der Waals surface area contributed by atoms with Crippen molar-refractivity contribution < 1.29 is 9.59 Å². The zero-order chi connectivity index (χ0) is 15.1. The largest absolute Gasteiger partial charge is 0.342 e. The molecule has 2 heterocycles. The lowest BCUT2D eigenvalue weighted by Gasteiger charge is -2.34. The predicted molar refractivity (Wildman–Crippen MR) is 84.3 cm³/mol. The van der Waals surface area contributed by atoms with Gasteiger partial charge in [-0.05, 0) is 29.2 Å². The SMILES string of the molecule is O=C1N[C@@H](Cc2ccc3ccccc3c2)C(=O)N2CCC[C@@H]12. The lowest BCUT2D eigenvalue weighted by atomic mass is 9.98. The van der Waals surface area contributed by atoms with Gasteiger partial charge < -0.3 is 10.2 Å². The highest BCUT2D eigenvalue weighted by atomic mass is 16.2. The van der Waals surface area contributed by atoms with Crippen molar-refractivity contribution in [3.63, 3.8) is 0 Å². The Morgan fingerprint density at radius 1 is 1.09 bits per heavy atom. The van der Waals surface area contributed by atoms with Crippen LogP contribution in [0.25, 0.3) is 10.8 Å². The summed E-state index contributed by atoms with van der Waals surface area (Å²) in [5.41, 5.74) is 1.08. The number of rotatable bonds is 2. The van der Waals surface area contributed by atoms with E-state index < -0.39 is 6.04 Å². The summed E-state index contributed by atoms with van der Waals surface area (Å²) >= 11 is 0. The van der Waals surface area contributed by atoms with Crippen molar-refractivity contribution >= 4 is 22.6 Å². The highest BCUT2D eigenvalue weighted by Crippen LogP contribution is 2.24. The van der Waals surface area contributed by atoms with Crippen LogP contribution in [0, 0.1) is 0 Å². The first-order chi connectivity index (χ1) is 10.7. The Kier molecular flexibility index (Phi) is 3.10. The molecule has 2 saturated heterocycles. The van der Waals surface area contributed by atoms with Crippen LogP contribution in [-0.4, -0.2) is 35.3 Å². The maximum absolute atomic E-state index is 12.5. The summed E-state index contributed by atoms with van der Waals surface area (Å²) in [6.07, 6.45) is 2.27. The summed E-state index contributed by atoms with van der Waals surface area (Å²) in [5, 5.41) is 5.25. The second-order valence-electron chi connectivity index (χ2n) is 6.14. The van der Waals surface area contributed by atoms with Gasteiger partial charge in [0, 0.05) is 13.0 Å². The molecular weight excluding hydrogens is 276 g/mol. The standard InChI is InChI=1S/C18H18N2O2/c21-17-16-6-3-9-20(16)18(22)15(19-17)11-12-7-8-13-4-1-2-5-14(13)10-12/h1-2,4-5,7-8,10,15-16H,3,6,9,11H2,(H,19,21)/t15-,16-/m0/s1. The van der Waals surface area contributed by atoms with Gasteiger partial charge >= 0.3 is 0 Å². The molecule has 2 aliphatic rings. The van der Waals surface area contributed by atoms with Crippen molar-refractivity contribution in [1.29, 1.82) is 0 Å². The molecule has 0 bridgehead atoms. The summed E-state index contributed by atoms with van der Waals surface area (Å²) in [7, 11) is 0. The molecule has 0 aromatic heterocycles. The number of hydrogen-bond acceptors (Lipinski definition) is 2. The lowest BCUT2D eigenvalue weighted by molar-refractivity contribution is -0.146. The van der Waals surface area contributed by atoms with Crippen LogP contribution in [0.2, 0.25) is 0 Å². The molecule has 4 heteroatoms. The van der Waals surface area contributed by atoms with E-state index in [-0.39, 0.29) is 17.9 Å². The molecule has 2 fully saturated rings. The summed E-state index contributed by atoms with van der Waals surface area (Å²) < 4.78 is 0. The first kappa shape index (κ1) is 13.3. The van der Waals surface area contributed by atoms with Crippen molar-refractivity contribution in [2.24, 2.45) is 0 Å². The molecular formula is C18H18N2O2. The van der Waals surface area contributed by atoms with Crippen molar-refractivity contribution in [2.75, 3.05) is 6.54 Å². The molecule has 0 aliphatic carbocycles. The van der Waals surface area contributed by atoms with Gasteiger partial charge in [0.2, 0.25) is 11.8 Å². The molecule has 22 heavy (non-hydrogen) atoms. The van der Waals surface area contributed by atoms with E-state index in [0.29, 0.717) is 13.0 Å². The van der Waals surface area contributed by atoms with Gasteiger partial charge in [-0.2, -0.15) is 0 Å². The van der Waals surface area contributed by atoms with Gasteiger partial charge in [-0.15, -0.1) is 0 Å². The van der Waals surface area contributed by atoms with Crippen LogP contribution in [0.5, 0.6) is 0 Å². The molecule has 2 aliphatic heterocycles. The smallest absolute Gasteiger partial charge is 0.246 e. The molecule has 0 saturated carbocycles. The number of benzene rings is 2. The zero-order valence-corrected chi connectivity index (χ0v) is 12.3. The fraction of sp³-hybridized carbons (Fsp3) is 0.333. The molecule has 0 spiro atoms. The first-order valence-corrected chi connectivity index (χ1v) is 7.81. The van der Waals surface area contributed by atoms with Gasteiger partial charge in [0.05, 0.1) is 0 Å². The summed E-state index contributed by atoms with van der Waals surface area (Å²) in [5.74, 6) is 0.0677. The summed E-state index contributed by atoms with van der Waals surface area (Å²) in [6.45, 7) is 0.713. The van der Waals surface area contributed by atoms with Crippen LogP contribution in [0.3, 0.4) is 0 Å². The van der Waals surface area contributed by atoms with E-state index in [9.17, 15) is 9.59 Å². The van der Waals surface area contributed by atoms with Crippen molar-refractivity contribution in [3.8, 4) is 0 Å². The van der Waals surface area contributed by atoms with Crippen LogP contribution in [0.1, 0.15) is 18.4 Å². The molecule has 0 unspecified atom stereocenters. The lowest BCUT2D eigenvalue weighted by Crippen LogP contribution is -2.61. The number of nitrogens with zero attached hydrogens (tertiary/aromatic N) is 1. The Hall–Kier alpha value is -2.36. The second kappa shape index (κ2) is 5.13. The van der Waals surface area contributed by atoms with Crippen LogP contribution in [-0.2, 0) is 16.0 Å². The van der Waals surface area contributed by atoms with Gasteiger partial charge in [0.15, 0.2) is 0 Å². The summed E-state index contributed by atoms with van der Waals surface area (Å²) in [4.78, 5) is 26.4. The van der Waals surface area contributed by atoms with Crippen molar-refractivity contribution in [3.05, 3.63) is 48.0 Å². The Balaban J connectivity index is 1.59. The number of hydrogen-bond donors (Lipinski definition) is 1. The third-order valence-electron chi connectivity index (χ3n) is 4.71. The molecule has 4 nitrogen and oxygen atoms in total. The van der Waals surface area contributed by atoms with Gasteiger partial charge in [0.25, 0.3) is 0 Å². The minimum Gasteiger partial charge on any atom is -0.342 e. The molecule has 0 radical (unpaired) electrons. The Labute approximate surface area is 129 Å². The van der Waals surface area contributed by atoms with Crippen LogP contribution in [0.4, 0.5) is 0 Å². The maximum Gasteiger partial charge on any atom is 0.246 e. The molecule has 1 N–H and O–H groups in total. The van der Waals surface area contributed by atoms with Crippen LogP contribution < -0.4 is 5.32 Å². The third-order valence-corrected chi connectivity index (χ3v) is 4.71. The monoisotopic (exact) mass is 294 g/mol. The first-order valence-electron chi connectivity index (χ1n) is 7.81. The molecule has 4 rings (SSSR count). The molecule has 2 atom stereocenters. The molecule has 112 valence electrons. The molecule has 2 aromatic rings. The van der Waals surface area contributed by atoms with E-state index in [1.54, 1.807) is 4.90 Å². The van der Waals surface area contributed by atoms with Crippen molar-refractivity contribution in [1.82, 2.24) is 10.2 Å². The number of amides is 2. The minimum absolute atomic E-state index is 0.00268. The van der Waals surface area contributed by atoms with Crippen molar-refractivity contribution in [2.45, 2.75) is 31.3 Å². The van der Waals surface area contributed by atoms with Gasteiger partial charge in [-0.25, -0.2) is 0 Å². The van der Waals surface area contributed by atoms with Gasteiger partial charge in [-0.3, -0.25) is 9.59 Å². The number of carbonyl (C=O) groups excluding carboxylic acids is 2. The average Bonchev–Trinajstić information content (AvgIpc) is 3.03. The quantitative estimate of drug-likeness (QED) is 0.919. The van der Waals surface area contributed by atoms with Gasteiger partial charge in [0.1, 0.15) is 12.1 Å². The Morgan fingerprint density at radius 2 is 1.91 bits per heavy atom. The predicted octanol–water partition coefficient (Wildman–Crippen LogP) is 1.87. The highest BCUT2D eigenvalue weighted by Gasteiger charge is 2.42. The Bertz CT molecular complexity index is 756. The van der Waals surface area contributed by atoms with E-state index in [0.717, 1.165) is 23.8 Å². The number of carbonyl (C=O) groups is 2. The van der Waals surface area contributed by atoms with E-state index in [4.69, 9.17) is 0 Å². The minimum atomic E-state index is -0.428. The number of piperazine rings is 1. The average molecular weight is 294 g/mol. The Morgan fingerprint density at radius 3 is 2.77 bits per heavy atom.